The van der Waals surface area contributed by atoms with Gasteiger partial charge in [0.05, 0.1) is 18.4 Å². The number of methoxy groups -OCH3 is 1. The van der Waals surface area contributed by atoms with Crippen molar-refractivity contribution >= 4 is 29.2 Å². The van der Waals surface area contributed by atoms with Gasteiger partial charge in [0, 0.05) is 5.69 Å². The van der Waals surface area contributed by atoms with Crippen LogP contribution in [0.5, 0.6) is 11.5 Å². The van der Waals surface area contributed by atoms with E-state index in [1.807, 2.05) is 0 Å². The third-order valence-corrected chi connectivity index (χ3v) is 4.48. The van der Waals surface area contributed by atoms with Gasteiger partial charge >= 0.3 is 5.97 Å². The largest absolute Gasteiger partial charge is 0.497 e. The van der Waals surface area contributed by atoms with Crippen LogP contribution in [0.25, 0.3) is 0 Å². The van der Waals surface area contributed by atoms with E-state index in [1.54, 1.807) is 45.2 Å². The second-order valence-electron chi connectivity index (χ2n) is 6.35. The second kappa shape index (κ2) is 7.59. The molecule has 146 valence electrons. The molecule has 0 spiro atoms. The lowest BCUT2D eigenvalue weighted by molar-refractivity contribution is -0.128. The highest BCUT2D eigenvalue weighted by molar-refractivity contribution is 6.08. The molecule has 8 heteroatoms. The van der Waals surface area contributed by atoms with E-state index in [2.05, 4.69) is 5.32 Å². The maximum atomic E-state index is 12.8. The van der Waals surface area contributed by atoms with Crippen LogP contribution >= 0.6 is 0 Å². The second-order valence-corrected chi connectivity index (χ2v) is 6.35. The Balaban J connectivity index is 1.89. The summed E-state index contributed by atoms with van der Waals surface area (Å²) in [4.78, 5) is 38.0. The smallest absolute Gasteiger partial charge is 0.335 e. The summed E-state index contributed by atoms with van der Waals surface area (Å²) in [6.45, 7) is 3.16. The summed E-state index contributed by atoms with van der Waals surface area (Å²) in [5, 5.41) is 12.0. The van der Waals surface area contributed by atoms with Crippen molar-refractivity contribution in [3.8, 4) is 11.5 Å². The van der Waals surface area contributed by atoms with Gasteiger partial charge in [0.15, 0.2) is 6.10 Å². The number of amides is 2. The van der Waals surface area contributed by atoms with Gasteiger partial charge in [0.1, 0.15) is 17.5 Å². The van der Waals surface area contributed by atoms with E-state index in [1.165, 1.54) is 23.1 Å². The van der Waals surface area contributed by atoms with Crippen molar-refractivity contribution in [1.82, 2.24) is 0 Å². The predicted molar refractivity (Wildman–Crippen MR) is 102 cm³/mol. The maximum Gasteiger partial charge on any atom is 0.335 e. The van der Waals surface area contributed by atoms with E-state index in [9.17, 15) is 19.5 Å². The fourth-order valence-corrected chi connectivity index (χ4v) is 2.93. The lowest BCUT2D eigenvalue weighted by Crippen LogP contribution is -2.52. The zero-order valence-corrected chi connectivity index (χ0v) is 15.6. The van der Waals surface area contributed by atoms with Crippen molar-refractivity contribution in [1.29, 1.82) is 0 Å². The van der Waals surface area contributed by atoms with Gasteiger partial charge in [-0.3, -0.25) is 14.5 Å². The number of fused-ring (bicyclic) bond motifs is 1. The Kier molecular flexibility index (Phi) is 5.21. The minimum Gasteiger partial charge on any atom is -0.497 e. The summed E-state index contributed by atoms with van der Waals surface area (Å²) >= 11 is 0. The molecule has 1 heterocycles. The van der Waals surface area contributed by atoms with E-state index in [4.69, 9.17) is 9.47 Å². The minimum absolute atomic E-state index is 0.00235. The van der Waals surface area contributed by atoms with Crippen LogP contribution in [-0.4, -0.2) is 42.1 Å². The fraction of sp³-hybridized carbons (Fsp3) is 0.250. The Hall–Kier alpha value is -3.55. The van der Waals surface area contributed by atoms with Crippen molar-refractivity contribution in [2.24, 2.45) is 0 Å². The normalized spacial score (nSPS) is 16.6. The average Bonchev–Trinajstić information content (AvgIpc) is 2.68. The minimum atomic E-state index is -1.14. The standard InChI is InChI=1S/C20H20N2O6/c1-11(18(23)21-14-5-7-15(27-3)8-6-14)22-16-10-13(20(25)26)4-9-17(16)28-12(2)19(22)24/h4-12H,1-3H3,(H,21,23)(H,25,26). The summed E-state index contributed by atoms with van der Waals surface area (Å²) < 4.78 is 10.6. The summed E-state index contributed by atoms with van der Waals surface area (Å²) in [5.41, 5.74) is 0.795. The van der Waals surface area contributed by atoms with Crippen molar-refractivity contribution in [2.45, 2.75) is 26.0 Å². The predicted octanol–water partition coefficient (Wildman–Crippen LogP) is 2.53. The van der Waals surface area contributed by atoms with Crippen molar-refractivity contribution < 1.29 is 29.0 Å². The molecule has 2 N–H and O–H groups in total. The highest BCUT2D eigenvalue weighted by atomic mass is 16.5. The van der Waals surface area contributed by atoms with Crippen LogP contribution in [-0.2, 0) is 9.59 Å². The summed E-state index contributed by atoms with van der Waals surface area (Å²) in [6.07, 6.45) is -0.792. The molecule has 2 unspecified atom stereocenters. The van der Waals surface area contributed by atoms with Crippen molar-refractivity contribution in [3.05, 3.63) is 48.0 Å². The molecule has 0 radical (unpaired) electrons. The molecule has 8 nitrogen and oxygen atoms in total. The number of hydrogen-bond acceptors (Lipinski definition) is 5. The highest BCUT2D eigenvalue weighted by Crippen LogP contribution is 2.36. The number of carbonyl (C=O) groups is 3. The Labute approximate surface area is 161 Å². The lowest BCUT2D eigenvalue weighted by Gasteiger charge is -2.36. The van der Waals surface area contributed by atoms with E-state index < -0.39 is 29.9 Å². The summed E-state index contributed by atoms with van der Waals surface area (Å²) in [7, 11) is 1.55. The number of rotatable bonds is 5. The summed E-state index contributed by atoms with van der Waals surface area (Å²) in [5.74, 6) is -0.976. The summed E-state index contributed by atoms with van der Waals surface area (Å²) in [6, 6.07) is 10.1. The Bertz CT molecular complexity index is 925. The molecular formula is C20H20N2O6. The van der Waals surface area contributed by atoms with Crippen molar-refractivity contribution in [3.63, 3.8) is 0 Å². The van der Waals surface area contributed by atoms with Gasteiger partial charge in [0.25, 0.3) is 5.91 Å². The average molecular weight is 384 g/mol. The zero-order chi connectivity index (χ0) is 20.4. The molecular weight excluding hydrogens is 364 g/mol. The van der Waals surface area contributed by atoms with Gasteiger partial charge in [-0.15, -0.1) is 0 Å². The van der Waals surface area contributed by atoms with Crippen LogP contribution in [0, 0.1) is 0 Å². The number of carboxylic acid groups (broad SMARTS) is 1. The number of aromatic carboxylic acids is 1. The number of nitrogens with one attached hydrogen (secondary N) is 1. The van der Waals surface area contributed by atoms with Crippen LogP contribution in [0.3, 0.4) is 0 Å². The molecule has 2 aromatic rings. The topological polar surface area (TPSA) is 105 Å². The number of ether oxygens (including phenoxy) is 2. The molecule has 0 bridgehead atoms. The molecule has 2 atom stereocenters. The van der Waals surface area contributed by atoms with Crippen molar-refractivity contribution in [2.75, 3.05) is 17.3 Å². The van der Waals surface area contributed by atoms with Gasteiger partial charge in [-0.1, -0.05) is 0 Å². The highest BCUT2D eigenvalue weighted by Gasteiger charge is 2.37. The number of carbonyl (C=O) groups excluding carboxylic acids is 2. The van der Waals surface area contributed by atoms with Gasteiger partial charge in [-0.05, 0) is 56.3 Å². The number of benzene rings is 2. The number of carboxylic acids is 1. The first kappa shape index (κ1) is 19.2. The van der Waals surface area contributed by atoms with Gasteiger partial charge in [-0.2, -0.15) is 0 Å². The SMILES string of the molecule is COc1ccc(NC(=O)C(C)N2C(=O)C(C)Oc3ccc(C(=O)O)cc32)cc1. The number of nitrogens with zero attached hydrogens (tertiary/aromatic N) is 1. The van der Waals surface area contributed by atoms with E-state index in [0.29, 0.717) is 17.2 Å². The fourth-order valence-electron chi connectivity index (χ4n) is 2.93. The first-order chi connectivity index (χ1) is 13.3. The van der Waals surface area contributed by atoms with Crippen LogP contribution in [0.4, 0.5) is 11.4 Å². The number of anilines is 2. The number of hydrogen-bond donors (Lipinski definition) is 2. The van der Waals surface area contributed by atoms with Crippen LogP contribution in [0.15, 0.2) is 42.5 Å². The Morgan fingerprint density at radius 3 is 2.50 bits per heavy atom. The van der Waals surface area contributed by atoms with Crippen LogP contribution in [0.2, 0.25) is 0 Å². The van der Waals surface area contributed by atoms with Gasteiger partial charge in [-0.25, -0.2) is 4.79 Å². The molecule has 3 rings (SSSR count). The van der Waals surface area contributed by atoms with Crippen LogP contribution < -0.4 is 19.7 Å². The quantitative estimate of drug-likeness (QED) is 0.821. The first-order valence-electron chi connectivity index (χ1n) is 8.64. The molecule has 28 heavy (non-hydrogen) atoms. The lowest BCUT2D eigenvalue weighted by atomic mass is 10.1. The monoisotopic (exact) mass is 384 g/mol. The first-order valence-corrected chi connectivity index (χ1v) is 8.64. The maximum absolute atomic E-state index is 12.8. The molecule has 2 aromatic carbocycles. The van der Waals surface area contributed by atoms with E-state index >= 15 is 0 Å². The van der Waals surface area contributed by atoms with Gasteiger partial charge in [0.2, 0.25) is 5.91 Å². The zero-order valence-electron chi connectivity index (χ0n) is 15.6. The molecule has 0 aliphatic carbocycles. The third-order valence-electron chi connectivity index (χ3n) is 4.48. The third kappa shape index (κ3) is 3.62. The molecule has 1 aliphatic heterocycles. The molecule has 0 fully saturated rings. The Morgan fingerprint density at radius 1 is 1.21 bits per heavy atom. The molecule has 0 saturated heterocycles. The molecule has 2 amide bonds. The molecule has 0 aromatic heterocycles. The Morgan fingerprint density at radius 2 is 1.89 bits per heavy atom. The van der Waals surface area contributed by atoms with E-state index in [0.717, 1.165) is 0 Å². The molecule has 1 aliphatic rings. The van der Waals surface area contributed by atoms with Crippen LogP contribution in [0.1, 0.15) is 24.2 Å². The molecule has 0 saturated carbocycles. The van der Waals surface area contributed by atoms with E-state index in [-0.39, 0.29) is 11.3 Å². The van der Waals surface area contributed by atoms with Gasteiger partial charge < -0.3 is 19.9 Å².